The van der Waals surface area contributed by atoms with Crippen LogP contribution >= 0.6 is 0 Å². The van der Waals surface area contributed by atoms with Crippen LogP contribution in [0, 0.1) is 5.41 Å². The van der Waals surface area contributed by atoms with Crippen LogP contribution in [0.5, 0.6) is 0 Å². The zero-order valence-corrected chi connectivity index (χ0v) is 14.5. The van der Waals surface area contributed by atoms with Crippen molar-refractivity contribution in [2.45, 2.75) is 25.7 Å². The molecule has 0 aromatic heterocycles. The first-order valence-electron chi connectivity index (χ1n) is 9.16. The molecule has 2 fully saturated rings. The van der Waals surface area contributed by atoms with Gasteiger partial charge < -0.3 is 19.9 Å². The number of hydrogen-bond donors (Lipinski definition) is 1. The SMILES string of the molecule is O=C(NCC(=O)N1CCc2ccccc21)N1CCOCC2(CCC2)C1. The van der Waals surface area contributed by atoms with Gasteiger partial charge in [0.25, 0.3) is 0 Å². The van der Waals surface area contributed by atoms with E-state index in [0.29, 0.717) is 19.7 Å². The number of hydrogen-bond acceptors (Lipinski definition) is 3. The standard InChI is InChI=1S/C19H25N3O3/c23-17(22-9-6-15-4-1-2-5-16(15)22)12-20-18(24)21-10-11-25-14-19(13-21)7-3-8-19/h1-2,4-5H,3,6-14H2,(H,20,24). The summed E-state index contributed by atoms with van der Waals surface area (Å²) in [6.07, 6.45) is 4.34. The fourth-order valence-electron chi connectivity index (χ4n) is 4.10. The summed E-state index contributed by atoms with van der Waals surface area (Å²) in [6.45, 7) is 3.38. The number of para-hydroxylation sites is 1. The van der Waals surface area contributed by atoms with E-state index in [9.17, 15) is 9.59 Å². The number of rotatable bonds is 2. The van der Waals surface area contributed by atoms with E-state index in [4.69, 9.17) is 4.74 Å². The first-order chi connectivity index (χ1) is 12.2. The lowest BCUT2D eigenvalue weighted by Gasteiger charge is -2.42. The molecule has 1 aromatic carbocycles. The monoisotopic (exact) mass is 343 g/mol. The molecule has 6 heteroatoms. The molecule has 134 valence electrons. The average Bonchev–Trinajstić information content (AvgIpc) is 2.88. The van der Waals surface area contributed by atoms with Crippen molar-refractivity contribution in [2.75, 3.05) is 44.3 Å². The zero-order chi connectivity index (χ0) is 17.3. The number of anilines is 1. The first-order valence-corrected chi connectivity index (χ1v) is 9.16. The molecule has 4 rings (SSSR count). The van der Waals surface area contributed by atoms with E-state index < -0.39 is 0 Å². The number of carbonyl (C=O) groups is 2. The van der Waals surface area contributed by atoms with Crippen molar-refractivity contribution in [3.63, 3.8) is 0 Å². The molecule has 1 spiro atoms. The molecule has 0 bridgehead atoms. The summed E-state index contributed by atoms with van der Waals surface area (Å²) in [4.78, 5) is 28.6. The van der Waals surface area contributed by atoms with Crippen LogP contribution in [0.1, 0.15) is 24.8 Å². The number of benzene rings is 1. The molecule has 0 atom stereocenters. The lowest BCUT2D eigenvalue weighted by Crippen LogP contribution is -2.50. The zero-order valence-electron chi connectivity index (χ0n) is 14.5. The third-order valence-electron chi connectivity index (χ3n) is 5.72. The van der Waals surface area contributed by atoms with Gasteiger partial charge in [0.2, 0.25) is 5.91 Å². The number of nitrogens with one attached hydrogen (secondary N) is 1. The number of nitrogens with zero attached hydrogens (tertiary/aromatic N) is 2. The summed E-state index contributed by atoms with van der Waals surface area (Å²) in [5.74, 6) is -0.0530. The Morgan fingerprint density at radius 3 is 2.84 bits per heavy atom. The third-order valence-corrected chi connectivity index (χ3v) is 5.72. The maximum Gasteiger partial charge on any atom is 0.317 e. The lowest BCUT2D eigenvalue weighted by atomic mass is 9.69. The maximum atomic E-state index is 12.5. The van der Waals surface area contributed by atoms with Gasteiger partial charge in [0.15, 0.2) is 0 Å². The summed E-state index contributed by atoms with van der Waals surface area (Å²) < 4.78 is 5.68. The number of urea groups is 1. The predicted molar refractivity (Wildman–Crippen MR) is 94.6 cm³/mol. The van der Waals surface area contributed by atoms with Crippen LogP contribution in [-0.4, -0.2) is 56.2 Å². The van der Waals surface area contributed by atoms with Gasteiger partial charge in [-0.05, 0) is 30.9 Å². The van der Waals surface area contributed by atoms with Crippen LogP contribution in [0.4, 0.5) is 10.5 Å². The summed E-state index contributed by atoms with van der Waals surface area (Å²) in [5.41, 5.74) is 2.31. The second kappa shape index (κ2) is 6.67. The molecule has 1 aliphatic carbocycles. The Labute approximate surface area is 148 Å². The topological polar surface area (TPSA) is 61.9 Å². The van der Waals surface area contributed by atoms with E-state index in [0.717, 1.165) is 38.1 Å². The minimum atomic E-state index is -0.155. The Bertz CT molecular complexity index is 672. The molecule has 3 amide bonds. The van der Waals surface area contributed by atoms with Crippen molar-refractivity contribution in [3.05, 3.63) is 29.8 Å². The molecule has 25 heavy (non-hydrogen) atoms. The van der Waals surface area contributed by atoms with E-state index >= 15 is 0 Å². The Kier molecular flexibility index (Phi) is 4.37. The fourth-order valence-corrected chi connectivity index (χ4v) is 4.10. The second-order valence-electron chi connectivity index (χ2n) is 7.41. The molecule has 1 N–H and O–H groups in total. The molecular formula is C19H25N3O3. The largest absolute Gasteiger partial charge is 0.379 e. The van der Waals surface area contributed by atoms with Crippen LogP contribution in [0.15, 0.2) is 24.3 Å². The minimum Gasteiger partial charge on any atom is -0.379 e. The maximum absolute atomic E-state index is 12.5. The van der Waals surface area contributed by atoms with Crippen LogP contribution in [0.3, 0.4) is 0 Å². The molecule has 0 unspecified atom stereocenters. The molecule has 1 saturated carbocycles. The summed E-state index contributed by atoms with van der Waals surface area (Å²) >= 11 is 0. The van der Waals surface area contributed by atoms with Crippen LogP contribution in [0.2, 0.25) is 0 Å². The highest BCUT2D eigenvalue weighted by molar-refractivity contribution is 5.98. The first kappa shape index (κ1) is 16.4. The molecule has 6 nitrogen and oxygen atoms in total. The van der Waals surface area contributed by atoms with Gasteiger partial charge in [-0.15, -0.1) is 0 Å². The minimum absolute atomic E-state index is 0.0392. The Morgan fingerprint density at radius 1 is 1.20 bits per heavy atom. The van der Waals surface area contributed by atoms with E-state index in [-0.39, 0.29) is 23.9 Å². The summed E-state index contributed by atoms with van der Waals surface area (Å²) in [5, 5.41) is 2.81. The number of amides is 3. The third kappa shape index (κ3) is 3.23. The summed E-state index contributed by atoms with van der Waals surface area (Å²) in [6, 6.07) is 7.80. The average molecular weight is 343 g/mol. The van der Waals surface area contributed by atoms with Crippen molar-refractivity contribution >= 4 is 17.6 Å². The smallest absolute Gasteiger partial charge is 0.317 e. The Hall–Kier alpha value is -2.08. The van der Waals surface area contributed by atoms with E-state index in [1.165, 1.54) is 12.0 Å². The molecule has 3 aliphatic rings. The molecule has 1 saturated heterocycles. The van der Waals surface area contributed by atoms with Gasteiger partial charge in [-0.3, -0.25) is 4.79 Å². The highest BCUT2D eigenvalue weighted by Gasteiger charge is 2.41. The molecule has 0 radical (unpaired) electrons. The predicted octanol–water partition coefficient (Wildman–Crippen LogP) is 1.79. The highest BCUT2D eigenvalue weighted by Crippen LogP contribution is 2.42. The lowest BCUT2D eigenvalue weighted by molar-refractivity contribution is -0.117. The van der Waals surface area contributed by atoms with E-state index in [2.05, 4.69) is 11.4 Å². The molecule has 1 aromatic rings. The normalized spacial score (nSPS) is 21.4. The van der Waals surface area contributed by atoms with Gasteiger partial charge >= 0.3 is 6.03 Å². The van der Waals surface area contributed by atoms with Crippen molar-refractivity contribution < 1.29 is 14.3 Å². The second-order valence-corrected chi connectivity index (χ2v) is 7.41. The highest BCUT2D eigenvalue weighted by atomic mass is 16.5. The molecule has 2 heterocycles. The van der Waals surface area contributed by atoms with Crippen molar-refractivity contribution in [1.29, 1.82) is 0 Å². The summed E-state index contributed by atoms with van der Waals surface area (Å²) in [7, 11) is 0. The number of ether oxygens (including phenoxy) is 1. The molecule has 2 aliphatic heterocycles. The fraction of sp³-hybridized carbons (Fsp3) is 0.579. The van der Waals surface area contributed by atoms with Gasteiger partial charge in [-0.25, -0.2) is 4.79 Å². The molecular weight excluding hydrogens is 318 g/mol. The van der Waals surface area contributed by atoms with Crippen molar-refractivity contribution in [3.8, 4) is 0 Å². The van der Waals surface area contributed by atoms with Crippen LogP contribution in [-0.2, 0) is 16.0 Å². The van der Waals surface area contributed by atoms with Gasteiger partial charge in [-0.1, -0.05) is 24.6 Å². The van der Waals surface area contributed by atoms with Gasteiger partial charge in [0.05, 0.1) is 19.8 Å². The van der Waals surface area contributed by atoms with Crippen LogP contribution in [0.25, 0.3) is 0 Å². The van der Waals surface area contributed by atoms with E-state index in [1.54, 1.807) is 4.90 Å². The Balaban J connectivity index is 1.33. The number of carbonyl (C=O) groups excluding carboxylic acids is 2. The van der Waals surface area contributed by atoms with Gasteiger partial charge in [-0.2, -0.15) is 0 Å². The van der Waals surface area contributed by atoms with Crippen molar-refractivity contribution in [1.82, 2.24) is 10.2 Å². The number of fused-ring (bicyclic) bond motifs is 1. The van der Waals surface area contributed by atoms with Crippen molar-refractivity contribution in [2.24, 2.45) is 5.41 Å². The van der Waals surface area contributed by atoms with Gasteiger partial charge in [0.1, 0.15) is 0 Å². The quantitative estimate of drug-likeness (QED) is 0.890. The Morgan fingerprint density at radius 2 is 2.04 bits per heavy atom. The van der Waals surface area contributed by atoms with Gasteiger partial charge in [0, 0.05) is 30.7 Å². The van der Waals surface area contributed by atoms with Crippen LogP contribution < -0.4 is 10.2 Å². The van der Waals surface area contributed by atoms with E-state index in [1.807, 2.05) is 23.1 Å².